The van der Waals surface area contributed by atoms with Crippen LogP contribution >= 0.6 is 0 Å². The van der Waals surface area contributed by atoms with E-state index >= 15 is 0 Å². The van der Waals surface area contributed by atoms with Crippen LogP contribution in [0.2, 0.25) is 0 Å². The third kappa shape index (κ3) is 3.26. The lowest BCUT2D eigenvalue weighted by Gasteiger charge is -2.44. The second kappa shape index (κ2) is 7.41. The van der Waals surface area contributed by atoms with Crippen LogP contribution in [-0.2, 0) is 15.6 Å². The molecule has 1 aliphatic carbocycles. The van der Waals surface area contributed by atoms with Gasteiger partial charge in [-0.1, -0.05) is 19.3 Å². The number of hydrogen-bond donors (Lipinski definition) is 3. The van der Waals surface area contributed by atoms with Crippen LogP contribution in [0.4, 0.5) is 17.6 Å². The maximum atomic E-state index is 11.5. The predicted molar refractivity (Wildman–Crippen MR) is 122 cm³/mol. The Labute approximate surface area is 185 Å². The van der Waals surface area contributed by atoms with Gasteiger partial charge in [0.25, 0.3) is 0 Å². The van der Waals surface area contributed by atoms with Gasteiger partial charge in [-0.25, -0.2) is 23.5 Å². The molecule has 1 saturated carbocycles. The van der Waals surface area contributed by atoms with Crippen LogP contribution in [0, 0.1) is 0 Å². The Morgan fingerprint density at radius 1 is 1.12 bits per heavy atom. The molecule has 0 unspecified atom stereocenters. The number of nitrogens with two attached hydrogens (primary N) is 1. The van der Waals surface area contributed by atoms with Gasteiger partial charge in [-0.2, -0.15) is 10.1 Å². The average Bonchev–Trinajstić information content (AvgIpc) is 3.17. The first kappa shape index (κ1) is 20.6. The fraction of sp³-hybridized carbons (Fsp3) is 0.400. The fourth-order valence-corrected chi connectivity index (χ4v) is 5.17. The van der Waals surface area contributed by atoms with Crippen molar-refractivity contribution in [2.45, 2.75) is 42.5 Å². The average molecular weight is 456 g/mol. The van der Waals surface area contributed by atoms with E-state index in [2.05, 4.69) is 31.2 Å². The molecule has 4 heterocycles. The zero-order valence-corrected chi connectivity index (χ0v) is 18.7. The normalized spacial score (nSPS) is 17.8. The van der Waals surface area contributed by atoms with E-state index in [0.717, 1.165) is 48.4 Å². The Bertz CT molecular complexity index is 1310. The van der Waals surface area contributed by atoms with Gasteiger partial charge in [0, 0.05) is 31.9 Å². The first-order valence-corrected chi connectivity index (χ1v) is 12.0. The lowest BCUT2D eigenvalue weighted by atomic mass is 9.79. The molecule has 3 aromatic heterocycles. The molecule has 12 heteroatoms. The maximum Gasteiger partial charge on any atom is 0.239 e. The summed E-state index contributed by atoms with van der Waals surface area (Å²) in [6.45, 7) is 0. The number of aromatic nitrogens is 4. The van der Waals surface area contributed by atoms with E-state index in [4.69, 9.17) is 15.2 Å². The molecule has 3 aromatic rings. The van der Waals surface area contributed by atoms with E-state index in [1.165, 1.54) is 24.8 Å². The SMILES string of the molecule is CNC1=NN(C)c2cc3cnc(Nc4ccc(S(N)(=O)=O)cn4)nc3n2C12CCCCC2. The van der Waals surface area contributed by atoms with Gasteiger partial charge in [-0.3, -0.25) is 9.58 Å². The van der Waals surface area contributed by atoms with Crippen LogP contribution in [-0.4, -0.2) is 47.9 Å². The van der Waals surface area contributed by atoms with Crippen molar-refractivity contribution in [3.8, 4) is 0 Å². The molecule has 32 heavy (non-hydrogen) atoms. The van der Waals surface area contributed by atoms with Gasteiger partial charge in [0.1, 0.15) is 33.6 Å². The number of pyridine rings is 1. The Morgan fingerprint density at radius 2 is 1.91 bits per heavy atom. The van der Waals surface area contributed by atoms with E-state index in [1.54, 1.807) is 6.20 Å². The number of anilines is 3. The highest BCUT2D eigenvalue weighted by Gasteiger charge is 2.44. The molecule has 11 nitrogen and oxygen atoms in total. The van der Waals surface area contributed by atoms with Crippen LogP contribution in [0.3, 0.4) is 0 Å². The van der Waals surface area contributed by atoms with Gasteiger partial charge in [0.2, 0.25) is 16.0 Å². The van der Waals surface area contributed by atoms with Crippen LogP contribution < -0.4 is 20.8 Å². The Hall–Kier alpha value is -3.25. The van der Waals surface area contributed by atoms with Crippen molar-refractivity contribution >= 4 is 44.5 Å². The minimum Gasteiger partial charge on any atom is -0.373 e. The van der Waals surface area contributed by atoms with Gasteiger partial charge >= 0.3 is 0 Å². The summed E-state index contributed by atoms with van der Waals surface area (Å²) in [5.41, 5.74) is 0.549. The summed E-state index contributed by atoms with van der Waals surface area (Å²) in [4.78, 5) is 13.3. The summed E-state index contributed by atoms with van der Waals surface area (Å²) in [6.07, 6.45) is 8.42. The lowest BCUT2D eigenvalue weighted by Crippen LogP contribution is -2.53. The van der Waals surface area contributed by atoms with Crippen molar-refractivity contribution < 1.29 is 8.42 Å². The summed E-state index contributed by atoms with van der Waals surface area (Å²) >= 11 is 0. The maximum absolute atomic E-state index is 11.5. The molecule has 0 saturated heterocycles. The highest BCUT2D eigenvalue weighted by molar-refractivity contribution is 7.89. The first-order valence-electron chi connectivity index (χ1n) is 10.5. The first-order chi connectivity index (χ1) is 15.3. The molecule has 0 aromatic carbocycles. The van der Waals surface area contributed by atoms with E-state index < -0.39 is 10.0 Å². The molecule has 0 atom stereocenters. The van der Waals surface area contributed by atoms with Gasteiger partial charge in [0.05, 0.1) is 0 Å². The van der Waals surface area contributed by atoms with E-state index in [-0.39, 0.29) is 10.4 Å². The molecule has 2 aliphatic rings. The number of likely N-dealkylation sites (N-methyl/N-ethyl adjacent to an activating group) is 1. The fourth-order valence-electron chi connectivity index (χ4n) is 4.71. The van der Waals surface area contributed by atoms with Crippen LogP contribution in [0.25, 0.3) is 11.0 Å². The lowest BCUT2D eigenvalue weighted by molar-refractivity contribution is 0.277. The summed E-state index contributed by atoms with van der Waals surface area (Å²) in [6, 6.07) is 4.98. The molecule has 5 rings (SSSR count). The zero-order valence-electron chi connectivity index (χ0n) is 17.9. The van der Waals surface area contributed by atoms with Crippen LogP contribution in [0.1, 0.15) is 32.1 Å². The van der Waals surface area contributed by atoms with Gasteiger partial charge < -0.3 is 10.6 Å². The van der Waals surface area contributed by atoms with Crippen molar-refractivity contribution in [3.63, 3.8) is 0 Å². The third-order valence-electron chi connectivity index (χ3n) is 6.19. The van der Waals surface area contributed by atoms with Crippen molar-refractivity contribution in [1.82, 2.24) is 24.8 Å². The third-order valence-corrected chi connectivity index (χ3v) is 7.09. The molecule has 0 amide bonds. The highest BCUT2D eigenvalue weighted by Crippen LogP contribution is 2.44. The molecule has 0 bridgehead atoms. The molecular formula is C20H25N9O2S. The zero-order chi connectivity index (χ0) is 22.5. The number of rotatable bonds is 3. The highest BCUT2D eigenvalue weighted by atomic mass is 32.2. The molecule has 1 spiro atoms. The molecule has 1 fully saturated rings. The number of hydrogen-bond acceptors (Lipinski definition) is 9. The number of sulfonamides is 1. The molecular weight excluding hydrogens is 430 g/mol. The minimum absolute atomic E-state index is 0.0544. The number of nitrogens with zero attached hydrogens (tertiary/aromatic N) is 6. The number of primary sulfonamides is 1. The topological polar surface area (TPSA) is 143 Å². The quantitative estimate of drug-likeness (QED) is 0.543. The van der Waals surface area contributed by atoms with Crippen LogP contribution in [0.15, 0.2) is 40.6 Å². The predicted octanol–water partition coefficient (Wildman–Crippen LogP) is 1.86. The second-order valence-electron chi connectivity index (χ2n) is 8.17. The van der Waals surface area contributed by atoms with Crippen molar-refractivity contribution in [2.75, 3.05) is 24.4 Å². The van der Waals surface area contributed by atoms with Crippen LogP contribution in [0.5, 0.6) is 0 Å². The van der Waals surface area contributed by atoms with Gasteiger partial charge in [0.15, 0.2) is 0 Å². The Kier molecular flexibility index (Phi) is 4.78. The Balaban J connectivity index is 1.58. The van der Waals surface area contributed by atoms with E-state index in [1.807, 2.05) is 19.1 Å². The smallest absolute Gasteiger partial charge is 0.239 e. The minimum atomic E-state index is -3.80. The molecule has 1 aliphatic heterocycles. The van der Waals surface area contributed by atoms with Crippen molar-refractivity contribution in [1.29, 1.82) is 0 Å². The number of nitrogens with one attached hydrogen (secondary N) is 2. The molecule has 168 valence electrons. The summed E-state index contributed by atoms with van der Waals surface area (Å²) in [7, 11) is 0.0475. The Morgan fingerprint density at radius 3 is 2.56 bits per heavy atom. The van der Waals surface area contributed by atoms with E-state index in [0.29, 0.717) is 11.8 Å². The number of amidine groups is 1. The summed E-state index contributed by atoms with van der Waals surface area (Å²) in [5.74, 6) is 2.71. The summed E-state index contributed by atoms with van der Waals surface area (Å²) < 4.78 is 25.2. The second-order valence-corrected chi connectivity index (χ2v) is 9.74. The monoisotopic (exact) mass is 455 g/mol. The van der Waals surface area contributed by atoms with Gasteiger partial charge in [-0.15, -0.1) is 0 Å². The number of hydrazone groups is 1. The van der Waals surface area contributed by atoms with Gasteiger partial charge in [-0.05, 0) is 31.0 Å². The molecule has 4 N–H and O–H groups in total. The largest absolute Gasteiger partial charge is 0.373 e. The van der Waals surface area contributed by atoms with Crippen molar-refractivity contribution in [2.24, 2.45) is 10.2 Å². The number of fused-ring (bicyclic) bond motifs is 4. The summed E-state index contributed by atoms with van der Waals surface area (Å²) in [5, 5.41) is 19.1. The van der Waals surface area contributed by atoms with Crippen molar-refractivity contribution in [3.05, 3.63) is 30.6 Å². The standard InChI is InChI=1S/C20H25N9O2S/c1-22-18-20(8-4-3-5-9-20)29-16(28(2)27-18)10-13-11-24-19(26-17(13)29)25-15-7-6-14(12-23-15)32(21,30)31/h6-7,10-12H,3-5,8-9H2,1-2H3,(H,22,27)(H2,21,30,31)(H,23,24,25,26). The molecule has 0 radical (unpaired) electrons. The van der Waals surface area contributed by atoms with E-state index in [9.17, 15) is 8.42 Å².